The Morgan fingerprint density at radius 1 is 1.26 bits per heavy atom. The van der Waals surface area contributed by atoms with Gasteiger partial charge in [0.2, 0.25) is 12.3 Å². The van der Waals surface area contributed by atoms with E-state index in [0.717, 1.165) is 34.3 Å². The predicted molar refractivity (Wildman–Crippen MR) is 138 cm³/mol. The number of carbonyl (C=O) groups is 4. The van der Waals surface area contributed by atoms with Crippen LogP contribution in [0, 0.1) is 17.0 Å². The van der Waals surface area contributed by atoms with E-state index in [1.807, 2.05) is 0 Å². The number of halogens is 2. The van der Waals surface area contributed by atoms with Crippen molar-refractivity contribution in [1.82, 2.24) is 10.2 Å². The van der Waals surface area contributed by atoms with Gasteiger partial charge in [-0.25, -0.2) is 18.4 Å². The van der Waals surface area contributed by atoms with E-state index in [9.17, 15) is 23.2 Å². The fraction of sp³-hybridized carbons (Fsp3) is 0.435. The average Bonchev–Trinajstić information content (AvgIpc) is 3.26. The standard InChI is InChI=1S/C22H27F2N5O5S.CH3NO/c1-2-33-21(31)26-12-16-13-29(22(32)34-16)15-10-17(23)20(18(24)11-15)28-7-5-27(6-8-28)19(30)4-3-9-35-14-25;2-1-3/h3,9-11,14,16,25H,2,4-8,12-13H2,1H3,(H,26,31);1H,(H2,2,3)/b9-3+,25-14?;. The first-order chi connectivity index (χ1) is 18.2. The minimum absolute atomic E-state index is 0.00438. The first-order valence-electron chi connectivity index (χ1n) is 11.6. The van der Waals surface area contributed by atoms with Gasteiger partial charge in [-0.1, -0.05) is 17.8 Å². The summed E-state index contributed by atoms with van der Waals surface area (Å²) in [5.41, 5.74) is 5.12. The smallest absolute Gasteiger partial charge is 0.414 e. The molecule has 1 aromatic carbocycles. The third-order valence-electron chi connectivity index (χ3n) is 5.42. The summed E-state index contributed by atoms with van der Waals surface area (Å²) in [5, 5.41) is 11.0. The number of cyclic esters (lactones) is 1. The summed E-state index contributed by atoms with van der Waals surface area (Å²) in [6.45, 7) is 3.01. The summed E-state index contributed by atoms with van der Waals surface area (Å²) in [7, 11) is 0. The molecule has 1 unspecified atom stereocenters. The van der Waals surface area contributed by atoms with Crippen LogP contribution < -0.4 is 20.9 Å². The van der Waals surface area contributed by atoms with Crippen molar-refractivity contribution in [2.75, 3.05) is 55.7 Å². The summed E-state index contributed by atoms with van der Waals surface area (Å²) in [4.78, 5) is 48.8. The number of carbonyl (C=O) groups excluding carboxylic acids is 4. The van der Waals surface area contributed by atoms with Crippen LogP contribution in [0.25, 0.3) is 0 Å². The van der Waals surface area contributed by atoms with Crippen molar-refractivity contribution in [3.8, 4) is 0 Å². The van der Waals surface area contributed by atoms with Crippen LogP contribution in [0.3, 0.4) is 0 Å². The molecular weight excluding hydrogens is 526 g/mol. The largest absolute Gasteiger partial charge is 0.450 e. The molecule has 4 N–H and O–H groups in total. The fourth-order valence-electron chi connectivity index (χ4n) is 3.78. The van der Waals surface area contributed by atoms with Crippen molar-refractivity contribution < 1.29 is 37.4 Å². The van der Waals surface area contributed by atoms with Crippen molar-refractivity contribution in [2.45, 2.75) is 19.4 Å². The van der Waals surface area contributed by atoms with Gasteiger partial charge in [0.1, 0.15) is 11.8 Å². The number of thioether (sulfide) groups is 1. The molecule has 0 spiro atoms. The van der Waals surface area contributed by atoms with Gasteiger partial charge in [0.05, 0.1) is 30.9 Å². The lowest BCUT2D eigenvalue weighted by atomic mass is 10.2. The number of ether oxygens (including phenoxy) is 2. The second-order valence-corrected chi connectivity index (χ2v) is 8.59. The number of hydrogen-bond acceptors (Lipinski definition) is 9. The molecule has 3 rings (SSSR count). The van der Waals surface area contributed by atoms with Crippen LogP contribution in [0.15, 0.2) is 23.6 Å². The second-order valence-electron chi connectivity index (χ2n) is 7.81. The number of benzene rings is 1. The molecule has 0 radical (unpaired) electrons. The number of primary amides is 1. The van der Waals surface area contributed by atoms with Crippen molar-refractivity contribution in [3.05, 3.63) is 35.3 Å². The highest BCUT2D eigenvalue weighted by Gasteiger charge is 2.34. The quantitative estimate of drug-likeness (QED) is 0.237. The molecule has 1 atom stereocenters. The van der Waals surface area contributed by atoms with Crippen LogP contribution in [0.5, 0.6) is 0 Å². The van der Waals surface area contributed by atoms with E-state index >= 15 is 0 Å². The van der Waals surface area contributed by atoms with Crippen LogP contribution in [0.2, 0.25) is 0 Å². The van der Waals surface area contributed by atoms with Gasteiger partial charge in [0.15, 0.2) is 11.6 Å². The van der Waals surface area contributed by atoms with Gasteiger partial charge in [-0.2, -0.15) is 0 Å². The van der Waals surface area contributed by atoms with Gasteiger partial charge in [0, 0.05) is 44.7 Å². The topological polar surface area (TPSA) is 158 Å². The van der Waals surface area contributed by atoms with Gasteiger partial charge in [-0.3, -0.25) is 14.5 Å². The molecule has 38 heavy (non-hydrogen) atoms. The maximum absolute atomic E-state index is 15.0. The zero-order valence-electron chi connectivity index (χ0n) is 20.7. The summed E-state index contributed by atoms with van der Waals surface area (Å²) < 4.78 is 39.8. The number of nitrogens with one attached hydrogen (secondary N) is 2. The Balaban J connectivity index is 0.00000161. The number of hydrogen-bond donors (Lipinski definition) is 3. The van der Waals surface area contributed by atoms with E-state index in [1.165, 1.54) is 4.90 Å². The fourth-order valence-corrected chi connectivity index (χ4v) is 4.07. The number of anilines is 2. The number of nitrogens with zero attached hydrogens (tertiary/aromatic N) is 3. The van der Waals surface area contributed by atoms with Crippen LogP contribution >= 0.6 is 11.8 Å². The third kappa shape index (κ3) is 8.61. The summed E-state index contributed by atoms with van der Waals surface area (Å²) >= 11 is 1.16. The number of amides is 4. The molecule has 1 aromatic rings. The number of alkyl carbamates (subject to hydrolysis) is 1. The average molecular weight is 557 g/mol. The molecule has 0 aliphatic carbocycles. The molecule has 2 fully saturated rings. The van der Waals surface area contributed by atoms with Crippen molar-refractivity contribution in [2.24, 2.45) is 5.73 Å². The second kappa shape index (κ2) is 15.4. The molecule has 2 heterocycles. The number of nitrogens with two attached hydrogens (primary N) is 1. The molecule has 2 aliphatic rings. The molecule has 0 bridgehead atoms. The van der Waals surface area contributed by atoms with Crippen molar-refractivity contribution >= 4 is 53.2 Å². The summed E-state index contributed by atoms with van der Waals surface area (Å²) in [5.74, 6) is -1.75. The molecule has 4 amide bonds. The van der Waals surface area contributed by atoms with Gasteiger partial charge in [0.25, 0.3) is 0 Å². The highest BCUT2D eigenvalue weighted by atomic mass is 32.2. The molecule has 12 nitrogen and oxygen atoms in total. The zero-order chi connectivity index (χ0) is 28.1. The van der Waals surface area contributed by atoms with Gasteiger partial charge < -0.3 is 35.7 Å². The van der Waals surface area contributed by atoms with E-state index in [2.05, 4.69) is 11.1 Å². The Hall–Kier alpha value is -3.88. The maximum atomic E-state index is 15.0. The van der Waals surface area contributed by atoms with E-state index in [-0.39, 0.29) is 62.9 Å². The summed E-state index contributed by atoms with van der Waals surface area (Å²) in [6, 6.07) is 2.15. The highest BCUT2D eigenvalue weighted by molar-refractivity contribution is 8.14. The minimum Gasteiger partial charge on any atom is -0.450 e. The lowest BCUT2D eigenvalue weighted by Gasteiger charge is -2.36. The van der Waals surface area contributed by atoms with Gasteiger partial charge >= 0.3 is 12.2 Å². The highest BCUT2D eigenvalue weighted by Crippen LogP contribution is 2.31. The Morgan fingerprint density at radius 2 is 1.89 bits per heavy atom. The Kier molecular flexibility index (Phi) is 12.3. The Morgan fingerprint density at radius 3 is 2.47 bits per heavy atom. The molecule has 2 aliphatic heterocycles. The van der Waals surface area contributed by atoms with Crippen LogP contribution in [0.1, 0.15) is 13.3 Å². The van der Waals surface area contributed by atoms with E-state index in [0.29, 0.717) is 13.1 Å². The first-order valence-corrected chi connectivity index (χ1v) is 12.5. The zero-order valence-corrected chi connectivity index (χ0v) is 21.5. The normalized spacial score (nSPS) is 17.0. The first kappa shape index (κ1) is 30.3. The molecule has 0 aromatic heterocycles. The van der Waals surface area contributed by atoms with Crippen LogP contribution in [0.4, 0.5) is 29.7 Å². The maximum Gasteiger partial charge on any atom is 0.414 e. The van der Waals surface area contributed by atoms with Crippen LogP contribution in [-0.2, 0) is 19.1 Å². The molecule has 15 heteroatoms. The van der Waals surface area contributed by atoms with Crippen molar-refractivity contribution in [1.29, 1.82) is 5.41 Å². The summed E-state index contributed by atoms with van der Waals surface area (Å²) in [6.07, 6.45) is 0.00170. The van der Waals surface area contributed by atoms with E-state index in [1.54, 1.807) is 23.3 Å². The molecule has 208 valence electrons. The SMILES string of the molecule is CCOC(=O)NCC1CN(c2cc(F)c(N3CCN(C(=O)C/C=C/SC=N)CC3)c(F)c2)C(=O)O1.NC=O. The number of rotatable bonds is 9. The third-order valence-corrected chi connectivity index (χ3v) is 5.91. The van der Waals surface area contributed by atoms with Crippen LogP contribution in [-0.4, -0.2) is 86.9 Å². The van der Waals surface area contributed by atoms with E-state index in [4.69, 9.17) is 19.7 Å². The minimum atomic E-state index is -0.827. The Bertz CT molecular complexity index is 1010. The predicted octanol–water partition coefficient (Wildman–Crippen LogP) is 2.03. The van der Waals surface area contributed by atoms with Gasteiger partial charge in [-0.15, -0.1) is 0 Å². The van der Waals surface area contributed by atoms with E-state index < -0.39 is 29.9 Å². The molecule has 2 saturated heterocycles. The monoisotopic (exact) mass is 556 g/mol. The molecular formula is C23H30F2N6O6S. The lowest BCUT2D eigenvalue weighted by Crippen LogP contribution is -2.49. The molecule has 0 saturated carbocycles. The van der Waals surface area contributed by atoms with Crippen molar-refractivity contribution in [3.63, 3.8) is 0 Å². The Labute approximate surface area is 222 Å². The number of piperazine rings is 1. The van der Waals surface area contributed by atoms with Gasteiger partial charge in [-0.05, 0) is 12.3 Å². The lowest BCUT2D eigenvalue weighted by molar-refractivity contribution is -0.130.